The zero-order valence-electron chi connectivity index (χ0n) is 23.3. The summed E-state index contributed by atoms with van der Waals surface area (Å²) in [5.74, 6) is 0. The van der Waals surface area contributed by atoms with Crippen molar-refractivity contribution < 1.29 is 0 Å². The average Bonchev–Trinajstić information content (AvgIpc) is 3.62. The average molecular weight is 546 g/mol. The van der Waals surface area contributed by atoms with E-state index in [4.69, 9.17) is 0 Å². The van der Waals surface area contributed by atoms with E-state index in [0.717, 1.165) is 10.9 Å². The first kappa shape index (κ1) is 24.2. The van der Waals surface area contributed by atoms with Gasteiger partial charge in [0.15, 0.2) is 0 Å². The molecule has 0 bridgehead atoms. The Morgan fingerprint density at radius 3 is 1.88 bits per heavy atom. The molecule has 0 saturated heterocycles. The van der Waals surface area contributed by atoms with Gasteiger partial charge in [0.2, 0.25) is 0 Å². The van der Waals surface area contributed by atoms with Crippen LogP contribution in [0, 0.1) is 0 Å². The molecule has 41 heavy (non-hydrogen) atoms. The van der Waals surface area contributed by atoms with E-state index in [-0.39, 0.29) is 0 Å². The van der Waals surface area contributed by atoms with Gasteiger partial charge in [-0.25, -0.2) is 0 Å². The van der Waals surface area contributed by atoms with E-state index in [2.05, 4.69) is 138 Å². The maximum Gasteiger partial charge on any atom is 0.119 e. The van der Waals surface area contributed by atoms with E-state index in [1.54, 1.807) is 10.4 Å². The number of fused-ring (bicyclic) bond motifs is 6. The molecule has 2 aromatic heterocycles. The van der Waals surface area contributed by atoms with Gasteiger partial charge in [0.05, 0.1) is 11.7 Å². The third-order valence-electron chi connectivity index (χ3n) is 9.40. The predicted octanol–water partition coefficient (Wildman–Crippen LogP) is 8.62. The third kappa shape index (κ3) is 3.68. The fourth-order valence-corrected chi connectivity index (χ4v) is 11.7. The summed E-state index contributed by atoms with van der Waals surface area (Å²) < 4.78 is 0. The van der Waals surface area contributed by atoms with Crippen LogP contribution in [0.3, 0.4) is 0 Å². The minimum atomic E-state index is -1.95. The molecule has 3 nitrogen and oxygen atoms in total. The number of H-pyrrole nitrogens is 2. The number of aromatic nitrogens is 3. The Kier molecular flexibility index (Phi) is 5.41. The van der Waals surface area contributed by atoms with Crippen LogP contribution in [-0.2, 0) is 0 Å². The normalized spacial score (nSPS) is 13.9. The number of nitrogens with zero attached hydrogens (tertiary/aromatic N) is 1. The molecule has 0 aliphatic carbocycles. The van der Waals surface area contributed by atoms with Gasteiger partial charge in [0, 0.05) is 27.2 Å². The van der Waals surface area contributed by atoms with Crippen molar-refractivity contribution in [2.24, 2.45) is 0 Å². The molecule has 0 atom stereocenters. The van der Waals surface area contributed by atoms with Crippen LogP contribution in [-0.4, -0.2) is 23.3 Å². The van der Waals surface area contributed by atoms with Crippen molar-refractivity contribution in [1.82, 2.24) is 15.2 Å². The van der Waals surface area contributed by atoms with Gasteiger partial charge in [-0.2, -0.15) is 5.10 Å². The van der Waals surface area contributed by atoms with Crippen molar-refractivity contribution in [3.63, 3.8) is 0 Å². The van der Waals surface area contributed by atoms with Crippen molar-refractivity contribution in [1.29, 1.82) is 0 Å². The van der Waals surface area contributed by atoms with Gasteiger partial charge >= 0.3 is 0 Å². The summed E-state index contributed by atoms with van der Waals surface area (Å²) in [5, 5.41) is 14.1. The summed E-state index contributed by atoms with van der Waals surface area (Å²) in [4.78, 5) is 3.56. The van der Waals surface area contributed by atoms with Gasteiger partial charge in [0.25, 0.3) is 0 Å². The lowest BCUT2D eigenvalue weighted by Gasteiger charge is -2.33. The van der Waals surface area contributed by atoms with Gasteiger partial charge in [-0.1, -0.05) is 92.7 Å². The highest BCUT2D eigenvalue weighted by atomic mass is 28.3. The Morgan fingerprint density at radius 1 is 0.585 bits per heavy atom. The van der Waals surface area contributed by atoms with E-state index in [1.807, 2.05) is 6.20 Å². The molecule has 0 fully saturated rings. The summed E-state index contributed by atoms with van der Waals surface area (Å²) >= 11 is 0. The molecule has 0 saturated carbocycles. The number of hydrogen-bond acceptors (Lipinski definition) is 1. The van der Waals surface area contributed by atoms with Crippen molar-refractivity contribution in [2.75, 3.05) is 0 Å². The van der Waals surface area contributed by atoms with E-state index >= 15 is 0 Å². The molecule has 0 spiro atoms. The molecular formula is C37H31N3Si. The van der Waals surface area contributed by atoms with Gasteiger partial charge < -0.3 is 4.98 Å². The van der Waals surface area contributed by atoms with Crippen molar-refractivity contribution in [3.05, 3.63) is 114 Å². The topological polar surface area (TPSA) is 44.5 Å². The fourth-order valence-electron chi connectivity index (χ4n) is 7.12. The van der Waals surface area contributed by atoms with Crippen LogP contribution >= 0.6 is 0 Å². The first-order chi connectivity index (χ1) is 20.2. The number of aromatic amines is 2. The van der Waals surface area contributed by atoms with E-state index in [0.29, 0.717) is 0 Å². The maximum atomic E-state index is 4.21. The fraction of sp³-hybridized carbons (Fsp3) is 0.108. The van der Waals surface area contributed by atoms with Crippen LogP contribution in [0.25, 0.3) is 67.1 Å². The second kappa shape index (κ2) is 9.18. The van der Waals surface area contributed by atoms with Crippen molar-refractivity contribution in [2.45, 2.75) is 25.9 Å². The first-order valence-electron chi connectivity index (χ1n) is 14.6. The highest BCUT2D eigenvalue weighted by molar-refractivity contribution is 7.03. The number of para-hydroxylation sites is 1. The number of benzene rings is 5. The second-order valence-corrected chi connectivity index (χ2v) is 16.0. The quantitative estimate of drug-likeness (QED) is 0.214. The van der Waals surface area contributed by atoms with Crippen LogP contribution in [0.4, 0.5) is 0 Å². The third-order valence-corrected chi connectivity index (χ3v) is 14.8. The SMILES string of the molecule is CC[Si]1(CC)c2ccc(-c3ccc4[nH]ncc4c3)cc2C=Cc2cc(-c3ccc4[nH]c5ccccc5c4c3)ccc21. The monoisotopic (exact) mass is 545 g/mol. The van der Waals surface area contributed by atoms with E-state index in [9.17, 15) is 0 Å². The smallest absolute Gasteiger partial charge is 0.119 e. The predicted molar refractivity (Wildman–Crippen MR) is 178 cm³/mol. The summed E-state index contributed by atoms with van der Waals surface area (Å²) in [5.41, 5.74) is 11.2. The highest BCUT2D eigenvalue weighted by Crippen LogP contribution is 2.33. The van der Waals surface area contributed by atoms with Crippen LogP contribution in [0.2, 0.25) is 12.1 Å². The molecule has 1 aliphatic heterocycles. The summed E-state index contributed by atoms with van der Waals surface area (Å²) in [6.45, 7) is 4.79. The Bertz CT molecular complexity index is 2140. The molecule has 198 valence electrons. The molecule has 2 N–H and O–H groups in total. The molecule has 7 aromatic rings. The molecule has 3 heterocycles. The number of hydrogen-bond donors (Lipinski definition) is 2. The van der Waals surface area contributed by atoms with Gasteiger partial charge in [-0.05, 0) is 86.2 Å². The molecular weight excluding hydrogens is 515 g/mol. The van der Waals surface area contributed by atoms with Crippen LogP contribution in [0.15, 0.2) is 103 Å². The number of rotatable bonds is 4. The Morgan fingerprint density at radius 2 is 1.17 bits per heavy atom. The molecule has 0 unspecified atom stereocenters. The van der Waals surface area contributed by atoms with Crippen molar-refractivity contribution >= 4 is 63.3 Å². The van der Waals surface area contributed by atoms with Crippen LogP contribution in [0.1, 0.15) is 25.0 Å². The number of nitrogens with one attached hydrogen (secondary N) is 2. The maximum absolute atomic E-state index is 4.21. The zero-order valence-corrected chi connectivity index (χ0v) is 24.3. The summed E-state index contributed by atoms with van der Waals surface area (Å²) in [6, 6.07) is 38.7. The molecule has 5 aromatic carbocycles. The second-order valence-electron chi connectivity index (χ2n) is 11.3. The molecule has 1 aliphatic rings. The van der Waals surface area contributed by atoms with Gasteiger partial charge in [-0.15, -0.1) is 0 Å². The lowest BCUT2D eigenvalue weighted by molar-refractivity contribution is 1.12. The van der Waals surface area contributed by atoms with Crippen LogP contribution in [0.5, 0.6) is 0 Å². The van der Waals surface area contributed by atoms with E-state index < -0.39 is 8.07 Å². The molecule has 4 heteroatoms. The molecule has 0 radical (unpaired) electrons. The van der Waals surface area contributed by atoms with Crippen LogP contribution < -0.4 is 10.4 Å². The molecule has 8 rings (SSSR count). The van der Waals surface area contributed by atoms with Gasteiger partial charge in [-0.3, -0.25) is 5.10 Å². The highest BCUT2D eigenvalue weighted by Gasteiger charge is 2.37. The van der Waals surface area contributed by atoms with E-state index in [1.165, 1.54) is 67.3 Å². The Hall–Kier alpha value is -4.67. The standard InChI is InChI=1S/C37H31N3Si/c1-3-41(4-2)36-17-13-25(24-11-15-33-30(21-24)23-38-40-33)19-28(36)9-10-29-20-26(14-18-37(29)41)27-12-16-35-32(22-27)31-7-5-6-8-34(31)39-35/h5-23,39H,3-4H2,1-2H3,(H,38,40). The lowest BCUT2D eigenvalue weighted by atomic mass is 9.99. The van der Waals surface area contributed by atoms with Crippen molar-refractivity contribution in [3.8, 4) is 22.3 Å². The van der Waals surface area contributed by atoms with Gasteiger partial charge in [0.1, 0.15) is 8.07 Å². The zero-order chi connectivity index (χ0) is 27.6. The largest absolute Gasteiger partial charge is 0.355 e. The minimum absolute atomic E-state index is 1.07. The first-order valence-corrected chi connectivity index (χ1v) is 17.0. The lowest BCUT2D eigenvalue weighted by Crippen LogP contribution is -2.58. The summed E-state index contributed by atoms with van der Waals surface area (Å²) in [7, 11) is -1.95. The summed E-state index contributed by atoms with van der Waals surface area (Å²) in [6.07, 6.45) is 6.63. The minimum Gasteiger partial charge on any atom is -0.355 e. The Labute approximate surface area is 240 Å². The molecule has 0 amide bonds. The Balaban J connectivity index is 1.25.